The normalized spacial score (nSPS) is 16.1. The van der Waals surface area contributed by atoms with Gasteiger partial charge in [0.25, 0.3) is 0 Å². The van der Waals surface area contributed by atoms with Crippen LogP contribution in [-0.2, 0) is 9.47 Å². The van der Waals surface area contributed by atoms with Crippen molar-refractivity contribution in [3.8, 4) is 0 Å². The Balaban J connectivity index is 0.00000220. The molecule has 1 N–H and O–H groups in total. The Labute approximate surface area is 132 Å². The number of carbonyl (C=O) groups is 1. The second-order valence-corrected chi connectivity index (χ2v) is 6.15. The topological polar surface area (TPSA) is 40.0 Å². The summed E-state index contributed by atoms with van der Waals surface area (Å²) in [4.78, 5) is 13.5. The van der Waals surface area contributed by atoms with E-state index in [1.54, 1.807) is 12.1 Å². The van der Waals surface area contributed by atoms with Crippen molar-refractivity contribution in [1.29, 1.82) is 0 Å². The quantitative estimate of drug-likeness (QED) is 0.627. The van der Waals surface area contributed by atoms with Gasteiger partial charge in [0.2, 0.25) is 0 Å². The molecule has 0 aromatic heterocycles. The zero-order chi connectivity index (χ0) is 14.4. The van der Waals surface area contributed by atoms with E-state index in [0.717, 1.165) is 32.8 Å². The van der Waals surface area contributed by atoms with Crippen LogP contribution in [0.1, 0.15) is 24.2 Å². The first-order valence-electron chi connectivity index (χ1n) is 7.20. The molecule has 0 saturated carbocycles. The number of quaternary nitrogens is 1. The summed E-state index contributed by atoms with van der Waals surface area (Å²) in [6.07, 6.45) is 0. The summed E-state index contributed by atoms with van der Waals surface area (Å²) in [7, 11) is 0. The van der Waals surface area contributed by atoms with Crippen LogP contribution in [0.4, 0.5) is 0 Å². The number of rotatable bonds is 5. The third-order valence-corrected chi connectivity index (χ3v) is 3.53. The van der Waals surface area contributed by atoms with Gasteiger partial charge >= 0.3 is 5.97 Å². The fourth-order valence-corrected chi connectivity index (χ4v) is 2.48. The molecular formula is C16H24ClNO3. The van der Waals surface area contributed by atoms with E-state index < -0.39 is 0 Å². The lowest BCUT2D eigenvalue weighted by atomic mass is 9.94. The van der Waals surface area contributed by atoms with Gasteiger partial charge in [0.05, 0.1) is 25.3 Å². The average molecular weight is 314 g/mol. The van der Waals surface area contributed by atoms with Crippen molar-refractivity contribution in [2.24, 2.45) is 5.41 Å². The van der Waals surface area contributed by atoms with Crippen molar-refractivity contribution >= 4 is 5.97 Å². The summed E-state index contributed by atoms with van der Waals surface area (Å²) in [6, 6.07) is 9.15. The Bertz CT molecular complexity index is 430. The van der Waals surface area contributed by atoms with Gasteiger partial charge in [-0.15, -0.1) is 0 Å². The van der Waals surface area contributed by atoms with E-state index in [9.17, 15) is 4.79 Å². The Morgan fingerprint density at radius 3 is 2.48 bits per heavy atom. The van der Waals surface area contributed by atoms with Crippen molar-refractivity contribution in [3.05, 3.63) is 35.9 Å². The lowest BCUT2D eigenvalue weighted by Crippen LogP contribution is -3.15. The average Bonchev–Trinajstić information content (AvgIpc) is 2.46. The highest BCUT2D eigenvalue weighted by Crippen LogP contribution is 2.14. The van der Waals surface area contributed by atoms with E-state index in [-0.39, 0.29) is 23.8 Å². The number of hydrogen-bond donors (Lipinski definition) is 1. The highest BCUT2D eigenvalue weighted by atomic mass is 35.5. The second kappa shape index (κ2) is 8.37. The van der Waals surface area contributed by atoms with Crippen LogP contribution in [0, 0.1) is 5.41 Å². The Kier molecular flexibility index (Phi) is 7.15. The van der Waals surface area contributed by atoms with Gasteiger partial charge in [-0.3, -0.25) is 0 Å². The second-order valence-electron chi connectivity index (χ2n) is 6.15. The molecule has 4 nitrogen and oxygen atoms in total. The molecule has 0 bridgehead atoms. The number of esters is 1. The maximum absolute atomic E-state index is 11.9. The summed E-state index contributed by atoms with van der Waals surface area (Å²) in [6.45, 7) is 9.47. The van der Waals surface area contributed by atoms with Crippen LogP contribution in [0.3, 0.4) is 0 Å². The van der Waals surface area contributed by atoms with Crippen LogP contribution < -0.4 is 17.3 Å². The predicted molar refractivity (Wildman–Crippen MR) is 76.9 cm³/mol. The van der Waals surface area contributed by atoms with E-state index in [0.29, 0.717) is 12.2 Å². The minimum absolute atomic E-state index is 0. The first-order valence-corrected chi connectivity index (χ1v) is 7.20. The van der Waals surface area contributed by atoms with Crippen LogP contribution in [0.15, 0.2) is 30.3 Å². The number of benzene rings is 1. The van der Waals surface area contributed by atoms with Crippen LogP contribution in [0.25, 0.3) is 0 Å². The third kappa shape index (κ3) is 6.04. The van der Waals surface area contributed by atoms with Crippen molar-refractivity contribution in [2.45, 2.75) is 13.8 Å². The van der Waals surface area contributed by atoms with Gasteiger partial charge in [-0.25, -0.2) is 4.79 Å². The molecule has 21 heavy (non-hydrogen) atoms. The van der Waals surface area contributed by atoms with Gasteiger partial charge in [-0.2, -0.15) is 0 Å². The minimum Gasteiger partial charge on any atom is -1.00 e. The fraction of sp³-hybridized carbons (Fsp3) is 0.562. The Morgan fingerprint density at radius 1 is 1.24 bits per heavy atom. The van der Waals surface area contributed by atoms with Gasteiger partial charge in [0, 0.05) is 5.41 Å². The Morgan fingerprint density at radius 2 is 1.86 bits per heavy atom. The molecule has 118 valence electrons. The fourth-order valence-electron chi connectivity index (χ4n) is 2.48. The maximum Gasteiger partial charge on any atom is 0.338 e. The maximum atomic E-state index is 11.9. The molecule has 1 aliphatic heterocycles. The molecule has 5 heteroatoms. The summed E-state index contributed by atoms with van der Waals surface area (Å²) < 4.78 is 10.8. The standard InChI is InChI=1S/C16H23NO3.ClH/c1-16(2,12-17-8-10-19-11-9-17)13-20-15(18)14-6-4-3-5-7-14;/h3-7H,8-13H2,1-2H3;1H. The van der Waals surface area contributed by atoms with Gasteiger partial charge in [-0.1, -0.05) is 32.0 Å². The molecule has 1 heterocycles. The van der Waals surface area contributed by atoms with Crippen molar-refractivity contribution in [3.63, 3.8) is 0 Å². The summed E-state index contributed by atoms with van der Waals surface area (Å²) in [5.74, 6) is -0.240. The molecular weight excluding hydrogens is 290 g/mol. The lowest BCUT2D eigenvalue weighted by Gasteiger charge is -2.31. The van der Waals surface area contributed by atoms with Crippen molar-refractivity contribution in [2.75, 3.05) is 39.5 Å². The summed E-state index contributed by atoms with van der Waals surface area (Å²) in [5, 5.41) is 0. The smallest absolute Gasteiger partial charge is 0.338 e. The number of carbonyl (C=O) groups excluding carboxylic acids is 1. The van der Waals surface area contributed by atoms with Gasteiger partial charge in [-0.05, 0) is 12.1 Å². The highest BCUT2D eigenvalue weighted by molar-refractivity contribution is 5.89. The third-order valence-electron chi connectivity index (χ3n) is 3.53. The molecule has 0 aliphatic carbocycles. The molecule has 0 unspecified atom stereocenters. The molecule has 1 saturated heterocycles. The minimum atomic E-state index is -0.240. The van der Waals surface area contributed by atoms with E-state index in [2.05, 4.69) is 13.8 Å². The van der Waals surface area contributed by atoms with E-state index in [1.807, 2.05) is 18.2 Å². The summed E-state index contributed by atoms with van der Waals surface area (Å²) in [5.41, 5.74) is 0.596. The van der Waals surface area contributed by atoms with Gasteiger partial charge in [0.1, 0.15) is 19.7 Å². The summed E-state index contributed by atoms with van der Waals surface area (Å²) >= 11 is 0. The van der Waals surface area contributed by atoms with E-state index in [1.165, 1.54) is 4.90 Å². The molecule has 0 atom stereocenters. The zero-order valence-corrected chi connectivity index (χ0v) is 13.5. The number of halogens is 1. The number of hydrogen-bond acceptors (Lipinski definition) is 3. The highest BCUT2D eigenvalue weighted by Gasteiger charge is 2.28. The van der Waals surface area contributed by atoms with Crippen LogP contribution >= 0.6 is 0 Å². The van der Waals surface area contributed by atoms with Crippen LogP contribution in [0.2, 0.25) is 0 Å². The van der Waals surface area contributed by atoms with Crippen molar-refractivity contribution < 1.29 is 31.6 Å². The van der Waals surface area contributed by atoms with Crippen LogP contribution in [-0.4, -0.2) is 45.4 Å². The van der Waals surface area contributed by atoms with Crippen LogP contribution in [0.5, 0.6) is 0 Å². The molecule has 1 aromatic carbocycles. The largest absolute Gasteiger partial charge is 1.00 e. The number of ether oxygens (including phenoxy) is 2. The first-order chi connectivity index (χ1) is 9.57. The number of morpholine rings is 1. The molecule has 0 spiro atoms. The van der Waals surface area contributed by atoms with E-state index >= 15 is 0 Å². The molecule has 1 aromatic rings. The molecule has 2 rings (SSSR count). The lowest BCUT2D eigenvalue weighted by molar-refractivity contribution is -0.914. The SMILES string of the molecule is CC(C)(COC(=O)c1ccccc1)C[NH+]1CCOCC1.[Cl-]. The molecule has 0 radical (unpaired) electrons. The van der Waals surface area contributed by atoms with Gasteiger partial charge in [0.15, 0.2) is 0 Å². The monoisotopic (exact) mass is 313 g/mol. The molecule has 1 fully saturated rings. The molecule has 1 aliphatic rings. The van der Waals surface area contributed by atoms with Crippen molar-refractivity contribution in [1.82, 2.24) is 0 Å². The predicted octanol–water partition coefficient (Wildman–Crippen LogP) is -2.21. The van der Waals surface area contributed by atoms with E-state index in [4.69, 9.17) is 9.47 Å². The van der Waals surface area contributed by atoms with Gasteiger partial charge < -0.3 is 26.8 Å². The molecule has 0 amide bonds. The zero-order valence-electron chi connectivity index (χ0n) is 12.7. The first kappa shape index (κ1) is 18.0. The Hall–Kier alpha value is -1.10. The number of nitrogens with one attached hydrogen (secondary N) is 1.